The number of nitrogens with two attached hydrogens (primary N) is 1. The smallest absolute Gasteiger partial charge is 0.354 e. The summed E-state index contributed by atoms with van der Waals surface area (Å²) in [6.07, 6.45) is 4.85. The summed E-state index contributed by atoms with van der Waals surface area (Å²) in [5, 5.41) is 29.0. The highest BCUT2D eigenvalue weighted by atomic mass is 32.2. The lowest BCUT2D eigenvalue weighted by molar-refractivity contribution is 0.0823. The van der Waals surface area contributed by atoms with Gasteiger partial charge in [0.05, 0.1) is 22.3 Å². The molecule has 4 rings (SSSR count). The van der Waals surface area contributed by atoms with E-state index < -0.39 is 27.7 Å². The van der Waals surface area contributed by atoms with Gasteiger partial charge in [-0.2, -0.15) is 0 Å². The Hall–Kier alpha value is -1.85. The highest BCUT2D eigenvalue weighted by Gasteiger charge is 2.30. The van der Waals surface area contributed by atoms with E-state index >= 15 is 0 Å². The second-order valence-corrected chi connectivity index (χ2v) is 11.0. The van der Waals surface area contributed by atoms with Gasteiger partial charge in [-0.3, -0.25) is 0 Å². The van der Waals surface area contributed by atoms with Gasteiger partial charge in [0.2, 0.25) is 4.34 Å². The van der Waals surface area contributed by atoms with E-state index in [9.17, 15) is 19.2 Å². The van der Waals surface area contributed by atoms with E-state index in [2.05, 4.69) is 20.7 Å². The van der Waals surface area contributed by atoms with Gasteiger partial charge < -0.3 is 15.5 Å². The van der Waals surface area contributed by atoms with Gasteiger partial charge in [-0.25, -0.2) is 19.1 Å². The Morgan fingerprint density at radius 3 is 2.83 bits per heavy atom. The summed E-state index contributed by atoms with van der Waals surface area (Å²) in [5.74, 6) is 0. The van der Waals surface area contributed by atoms with Crippen LogP contribution in [0.4, 0.5) is 10.5 Å². The molecule has 0 radical (unpaired) electrons. The van der Waals surface area contributed by atoms with Crippen LogP contribution in [0.25, 0.3) is 0 Å². The molecule has 2 aliphatic rings. The molecule has 5 N–H and O–H groups in total. The van der Waals surface area contributed by atoms with Crippen LogP contribution in [-0.2, 0) is 34.8 Å². The molecule has 0 aliphatic heterocycles. The zero-order valence-corrected chi connectivity index (χ0v) is 17.9. The summed E-state index contributed by atoms with van der Waals surface area (Å²) >= 11 is 0.960. The zero-order chi connectivity index (χ0) is 21.0. The lowest BCUT2D eigenvalue weighted by Gasteiger charge is -2.17. The summed E-state index contributed by atoms with van der Waals surface area (Å²) in [5.41, 5.74) is 3.38. The molecule has 2 aromatic rings. The van der Waals surface area contributed by atoms with E-state index in [1.54, 1.807) is 13.8 Å². The van der Waals surface area contributed by atoms with Crippen molar-refractivity contribution in [2.75, 3.05) is 5.32 Å². The summed E-state index contributed by atoms with van der Waals surface area (Å²) in [7, 11) is -3.56. The summed E-state index contributed by atoms with van der Waals surface area (Å²) in [6.45, 7) is 3.16. The standard InChI is InChI=1S/C19H24N4O4S2/c1-19(2,26)14-9-21-18(28-14)29(20,27)23-17(25)22-16-12-5-3-4-10(12)8-11-6-7-13(24)15(11)16/h8-9,13,24,26H,3-7H2,1-2H3,(H3,20,22,23,25,27)/t13-,29-/m1/s1. The van der Waals surface area contributed by atoms with Crippen LogP contribution in [0, 0.1) is 0 Å². The van der Waals surface area contributed by atoms with Gasteiger partial charge in [0.25, 0.3) is 0 Å². The van der Waals surface area contributed by atoms with Gasteiger partial charge in [0, 0.05) is 11.8 Å². The van der Waals surface area contributed by atoms with Crippen LogP contribution in [-0.4, -0.2) is 25.4 Å². The van der Waals surface area contributed by atoms with E-state index in [4.69, 9.17) is 5.14 Å². The fourth-order valence-electron chi connectivity index (χ4n) is 3.96. The van der Waals surface area contributed by atoms with Gasteiger partial charge in [0.15, 0.2) is 9.92 Å². The molecule has 0 unspecified atom stereocenters. The fourth-order valence-corrected chi connectivity index (χ4v) is 6.04. The lowest BCUT2D eigenvalue weighted by atomic mass is 9.98. The number of benzene rings is 1. The number of nitrogens with zero attached hydrogens (tertiary/aromatic N) is 2. The molecule has 0 spiro atoms. The van der Waals surface area contributed by atoms with Gasteiger partial charge in [-0.1, -0.05) is 6.07 Å². The minimum Gasteiger partial charge on any atom is -0.388 e. The lowest BCUT2D eigenvalue weighted by Crippen LogP contribution is -2.19. The van der Waals surface area contributed by atoms with Crippen molar-refractivity contribution in [3.05, 3.63) is 39.4 Å². The van der Waals surface area contributed by atoms with Crippen molar-refractivity contribution in [1.29, 1.82) is 0 Å². The van der Waals surface area contributed by atoms with Crippen LogP contribution in [0.3, 0.4) is 0 Å². The number of fused-ring (bicyclic) bond motifs is 2. The molecule has 10 heteroatoms. The van der Waals surface area contributed by atoms with Gasteiger partial charge in [0.1, 0.15) is 0 Å². The average Bonchev–Trinajstić information content (AvgIpc) is 3.33. The third-order valence-electron chi connectivity index (χ3n) is 5.33. The van der Waals surface area contributed by atoms with E-state index in [0.717, 1.165) is 53.7 Å². The molecule has 1 heterocycles. The second-order valence-electron chi connectivity index (χ2n) is 8.01. The number of amides is 2. The molecule has 0 fully saturated rings. The predicted octanol–water partition coefficient (Wildman–Crippen LogP) is 2.77. The van der Waals surface area contributed by atoms with Crippen molar-refractivity contribution in [3.63, 3.8) is 0 Å². The number of carbonyl (C=O) groups is 1. The zero-order valence-electron chi connectivity index (χ0n) is 16.3. The number of hydrogen-bond acceptors (Lipinski definition) is 6. The fraction of sp³-hybridized carbons (Fsp3) is 0.474. The first-order valence-corrected chi connectivity index (χ1v) is 11.9. The van der Waals surface area contributed by atoms with Crippen molar-refractivity contribution in [2.45, 2.75) is 62.0 Å². The molecule has 29 heavy (non-hydrogen) atoms. The van der Waals surface area contributed by atoms with Gasteiger partial charge >= 0.3 is 6.03 Å². The van der Waals surface area contributed by atoms with E-state index in [0.29, 0.717) is 17.0 Å². The van der Waals surface area contributed by atoms with Crippen LogP contribution in [0.1, 0.15) is 59.9 Å². The second kappa shape index (κ2) is 7.13. The molecule has 0 bridgehead atoms. The van der Waals surface area contributed by atoms with Crippen molar-refractivity contribution in [2.24, 2.45) is 9.50 Å². The van der Waals surface area contributed by atoms with Crippen LogP contribution >= 0.6 is 11.3 Å². The molecule has 0 saturated carbocycles. The summed E-state index contributed by atoms with van der Waals surface area (Å²) in [4.78, 5) is 17.1. The minimum atomic E-state index is -3.56. The number of urea groups is 1. The third-order valence-corrected chi connectivity index (χ3v) is 8.45. The van der Waals surface area contributed by atoms with Crippen molar-refractivity contribution < 1.29 is 19.2 Å². The Morgan fingerprint density at radius 1 is 1.38 bits per heavy atom. The average molecular weight is 437 g/mol. The number of carbonyl (C=O) groups excluding carboxylic acids is 1. The van der Waals surface area contributed by atoms with Crippen LogP contribution < -0.4 is 10.5 Å². The first-order valence-electron chi connectivity index (χ1n) is 9.46. The highest BCUT2D eigenvalue weighted by molar-refractivity contribution is 7.93. The molecule has 0 saturated heterocycles. The van der Waals surface area contributed by atoms with Crippen LogP contribution in [0.2, 0.25) is 0 Å². The quantitative estimate of drug-likeness (QED) is 0.586. The molecular formula is C19H24N4O4S2. The molecule has 1 aromatic heterocycles. The molecule has 1 aromatic carbocycles. The number of aryl methyl sites for hydroxylation is 2. The monoisotopic (exact) mass is 436 g/mol. The topological polar surface area (TPSA) is 138 Å². The van der Waals surface area contributed by atoms with E-state index in [-0.39, 0.29) is 4.34 Å². The minimum absolute atomic E-state index is 0.0201. The van der Waals surface area contributed by atoms with Crippen molar-refractivity contribution >= 4 is 33.0 Å². The van der Waals surface area contributed by atoms with Gasteiger partial charge in [-0.15, -0.1) is 15.7 Å². The molecule has 2 atom stereocenters. The Morgan fingerprint density at radius 2 is 2.14 bits per heavy atom. The maximum Gasteiger partial charge on any atom is 0.354 e. The molecule has 156 valence electrons. The van der Waals surface area contributed by atoms with E-state index in [1.807, 2.05) is 0 Å². The molecule has 8 nitrogen and oxygen atoms in total. The number of anilines is 1. The number of thiazole rings is 1. The number of aliphatic hydroxyl groups is 2. The van der Waals surface area contributed by atoms with Gasteiger partial charge in [-0.05, 0) is 62.6 Å². The van der Waals surface area contributed by atoms with E-state index in [1.165, 1.54) is 11.8 Å². The largest absolute Gasteiger partial charge is 0.388 e. The SMILES string of the molecule is CC(C)(O)c1cnc([S@](N)(=O)=NC(=O)Nc2c3c(cc4c2[C@H](O)CC4)CCC3)s1. The first-order chi connectivity index (χ1) is 13.6. The Balaban J connectivity index is 1.67. The molecule has 2 amide bonds. The number of aromatic nitrogens is 1. The normalized spacial score (nSPS) is 20.1. The molecular weight excluding hydrogens is 412 g/mol. The Bertz CT molecular complexity index is 1110. The highest BCUT2D eigenvalue weighted by Crippen LogP contribution is 2.43. The third kappa shape index (κ3) is 3.82. The van der Waals surface area contributed by atoms with Crippen molar-refractivity contribution in [1.82, 2.24) is 4.98 Å². The maximum atomic E-state index is 12.8. The van der Waals surface area contributed by atoms with Crippen molar-refractivity contribution in [3.8, 4) is 0 Å². The Labute approximate surface area is 173 Å². The van der Waals surface area contributed by atoms with Crippen LogP contribution in [0.5, 0.6) is 0 Å². The first kappa shape index (κ1) is 20.4. The number of aliphatic hydroxyl groups excluding tert-OH is 1. The number of hydrogen-bond donors (Lipinski definition) is 4. The Kier molecular flexibility index (Phi) is 5.02. The predicted molar refractivity (Wildman–Crippen MR) is 111 cm³/mol. The number of rotatable bonds is 3. The summed E-state index contributed by atoms with van der Waals surface area (Å²) in [6, 6.07) is 1.29. The molecule has 2 aliphatic carbocycles. The summed E-state index contributed by atoms with van der Waals surface area (Å²) < 4.78 is 16.5. The maximum absolute atomic E-state index is 12.8. The van der Waals surface area contributed by atoms with Crippen LogP contribution in [0.15, 0.2) is 21.0 Å². The number of nitrogens with one attached hydrogen (secondary N) is 1.